The zero-order chi connectivity index (χ0) is 21.9. The van der Waals surface area contributed by atoms with E-state index in [-0.39, 0.29) is 11.1 Å². The third kappa shape index (κ3) is 12.7. The first-order chi connectivity index (χ1) is 14.7. The number of benzene rings is 1. The van der Waals surface area contributed by atoms with Crippen LogP contribution in [0.3, 0.4) is 0 Å². The lowest BCUT2D eigenvalue weighted by Crippen LogP contribution is -2.25. The molecular weight excluding hydrogens is 376 g/mol. The first kappa shape index (κ1) is 26.2. The van der Waals surface area contributed by atoms with Crippen LogP contribution in [0.1, 0.15) is 130 Å². The molecule has 4 heteroatoms. The Labute approximate surface area is 183 Å². The number of carbonyl (C=O) groups is 2. The van der Waals surface area contributed by atoms with Crippen molar-refractivity contribution in [3.63, 3.8) is 0 Å². The van der Waals surface area contributed by atoms with Gasteiger partial charge in [-0.25, -0.2) is 4.79 Å². The van der Waals surface area contributed by atoms with E-state index in [0.717, 1.165) is 19.3 Å². The maximum Gasteiger partial charge on any atom is 0.338 e. The maximum absolute atomic E-state index is 12.0. The molecule has 0 aromatic heterocycles. The Morgan fingerprint density at radius 2 is 1.07 bits per heavy atom. The first-order valence-corrected chi connectivity index (χ1v) is 12.1. The predicted molar refractivity (Wildman–Crippen MR) is 121 cm³/mol. The molecule has 0 saturated heterocycles. The molecule has 0 bridgehead atoms. The van der Waals surface area contributed by atoms with Gasteiger partial charge in [-0.3, -0.25) is 0 Å². The van der Waals surface area contributed by atoms with Gasteiger partial charge in [0.15, 0.2) is 0 Å². The van der Waals surface area contributed by atoms with Crippen LogP contribution in [0.15, 0.2) is 24.3 Å². The maximum atomic E-state index is 12.0. The summed E-state index contributed by atoms with van der Waals surface area (Å²) >= 11 is 0. The van der Waals surface area contributed by atoms with E-state index in [1.165, 1.54) is 95.6 Å². The van der Waals surface area contributed by atoms with Crippen molar-refractivity contribution in [3.8, 4) is 0 Å². The lowest BCUT2D eigenvalue weighted by Gasteiger charge is -2.10. The van der Waals surface area contributed by atoms with Crippen LogP contribution >= 0.6 is 0 Å². The van der Waals surface area contributed by atoms with Crippen molar-refractivity contribution in [2.24, 2.45) is 0 Å². The van der Waals surface area contributed by atoms with Crippen LogP contribution in [0.2, 0.25) is 0 Å². The second-order valence-electron chi connectivity index (χ2n) is 8.27. The van der Waals surface area contributed by atoms with Crippen LogP contribution in [-0.4, -0.2) is 18.5 Å². The molecule has 170 valence electrons. The molecule has 0 unspecified atom stereocenters. The zero-order valence-corrected chi connectivity index (χ0v) is 19.0. The highest BCUT2D eigenvalue weighted by Gasteiger charge is 2.12. The second kappa shape index (κ2) is 18.0. The molecule has 1 aromatic carbocycles. The smallest absolute Gasteiger partial charge is 0.338 e. The normalized spacial score (nSPS) is 10.8. The summed E-state index contributed by atoms with van der Waals surface area (Å²) in [7, 11) is 0. The number of carbonyl (C=O) groups excluding carboxylic acids is 2. The van der Waals surface area contributed by atoms with Gasteiger partial charge < -0.3 is 14.6 Å². The van der Waals surface area contributed by atoms with Crippen LogP contribution < -0.4 is 5.11 Å². The van der Waals surface area contributed by atoms with Crippen molar-refractivity contribution in [3.05, 3.63) is 35.4 Å². The fourth-order valence-corrected chi connectivity index (χ4v) is 3.73. The van der Waals surface area contributed by atoms with Crippen LogP contribution in [-0.2, 0) is 4.74 Å². The van der Waals surface area contributed by atoms with Crippen LogP contribution in [0.4, 0.5) is 0 Å². The number of hydrogen-bond donors (Lipinski definition) is 0. The summed E-state index contributed by atoms with van der Waals surface area (Å²) in [6, 6.07) is 6.01. The van der Waals surface area contributed by atoms with E-state index in [2.05, 4.69) is 6.92 Å². The van der Waals surface area contributed by atoms with E-state index in [4.69, 9.17) is 4.74 Å². The van der Waals surface area contributed by atoms with E-state index in [1.54, 1.807) is 12.1 Å². The van der Waals surface area contributed by atoms with E-state index in [0.29, 0.717) is 6.61 Å². The molecule has 0 fully saturated rings. The van der Waals surface area contributed by atoms with Gasteiger partial charge in [-0.05, 0) is 12.5 Å². The summed E-state index contributed by atoms with van der Waals surface area (Å²) in [5.41, 5.74) is -0.0523. The van der Waals surface area contributed by atoms with Crippen molar-refractivity contribution >= 4 is 11.9 Å². The van der Waals surface area contributed by atoms with Crippen molar-refractivity contribution < 1.29 is 19.4 Å². The molecule has 0 aliphatic rings. The fourth-order valence-electron chi connectivity index (χ4n) is 3.73. The van der Waals surface area contributed by atoms with Gasteiger partial charge in [0.05, 0.1) is 18.1 Å². The van der Waals surface area contributed by atoms with Gasteiger partial charge in [0, 0.05) is 5.56 Å². The number of rotatable bonds is 19. The number of carboxylic acid groups (broad SMARTS) is 1. The SMILES string of the molecule is CCCCCCCCCCCCCCCCCCOC(=O)c1ccccc1C(=O)[O-]. The van der Waals surface area contributed by atoms with Crippen LogP contribution in [0.25, 0.3) is 0 Å². The number of carboxylic acids is 1. The third-order valence-corrected chi connectivity index (χ3v) is 5.60. The van der Waals surface area contributed by atoms with E-state index in [9.17, 15) is 14.7 Å². The highest BCUT2D eigenvalue weighted by atomic mass is 16.5. The molecule has 30 heavy (non-hydrogen) atoms. The number of aromatic carboxylic acids is 1. The molecule has 0 atom stereocenters. The summed E-state index contributed by atoms with van der Waals surface area (Å²) < 4.78 is 5.21. The number of esters is 1. The summed E-state index contributed by atoms with van der Waals surface area (Å²) in [6.07, 6.45) is 20.7. The monoisotopic (exact) mass is 417 g/mol. The van der Waals surface area contributed by atoms with Gasteiger partial charge in [0.1, 0.15) is 0 Å². The Balaban J connectivity index is 1.89. The molecule has 0 aliphatic heterocycles. The average molecular weight is 418 g/mol. The van der Waals surface area contributed by atoms with Gasteiger partial charge in [-0.1, -0.05) is 121 Å². The molecule has 0 spiro atoms. The molecule has 0 N–H and O–H groups in total. The Morgan fingerprint density at radius 3 is 1.50 bits per heavy atom. The van der Waals surface area contributed by atoms with Gasteiger partial charge in [-0.15, -0.1) is 0 Å². The van der Waals surface area contributed by atoms with Crippen LogP contribution in [0.5, 0.6) is 0 Å². The highest BCUT2D eigenvalue weighted by molar-refractivity contribution is 6.01. The molecule has 0 aliphatic carbocycles. The molecule has 4 nitrogen and oxygen atoms in total. The number of hydrogen-bond acceptors (Lipinski definition) is 4. The minimum atomic E-state index is -1.36. The summed E-state index contributed by atoms with van der Waals surface area (Å²) in [4.78, 5) is 23.1. The molecule has 0 radical (unpaired) electrons. The molecule has 0 amide bonds. The first-order valence-electron chi connectivity index (χ1n) is 12.1. The average Bonchev–Trinajstić information content (AvgIpc) is 2.75. The minimum absolute atomic E-state index is 0.0639. The Hall–Kier alpha value is -1.84. The zero-order valence-electron chi connectivity index (χ0n) is 19.0. The Kier molecular flexibility index (Phi) is 15.7. The quantitative estimate of drug-likeness (QED) is 0.191. The number of unbranched alkanes of at least 4 members (excludes halogenated alkanes) is 15. The summed E-state index contributed by atoms with van der Waals surface area (Å²) in [5.74, 6) is -1.94. The summed E-state index contributed by atoms with van der Waals surface area (Å²) in [5, 5.41) is 11.0. The van der Waals surface area contributed by atoms with Crippen LogP contribution in [0, 0.1) is 0 Å². The van der Waals surface area contributed by atoms with Gasteiger partial charge >= 0.3 is 5.97 Å². The standard InChI is InChI=1S/C26H42O4/c1-2-3-4-5-6-7-8-9-10-11-12-13-14-15-16-19-22-30-26(29)24-21-18-17-20-23(24)25(27)28/h17-18,20-21H,2-16,19,22H2,1H3,(H,27,28)/p-1. The number of ether oxygens (including phenoxy) is 1. The van der Waals surface area contributed by atoms with Crippen molar-refractivity contribution in [2.75, 3.05) is 6.61 Å². The van der Waals surface area contributed by atoms with E-state index >= 15 is 0 Å². The van der Waals surface area contributed by atoms with Crippen molar-refractivity contribution in [2.45, 2.75) is 110 Å². The lowest BCUT2D eigenvalue weighted by atomic mass is 10.0. The Morgan fingerprint density at radius 1 is 0.667 bits per heavy atom. The van der Waals surface area contributed by atoms with Gasteiger partial charge in [-0.2, -0.15) is 0 Å². The van der Waals surface area contributed by atoms with E-state index in [1.807, 2.05) is 0 Å². The van der Waals surface area contributed by atoms with Crippen molar-refractivity contribution in [1.82, 2.24) is 0 Å². The van der Waals surface area contributed by atoms with Gasteiger partial charge in [0.2, 0.25) is 0 Å². The molecule has 0 saturated carbocycles. The topological polar surface area (TPSA) is 66.4 Å². The molecule has 0 heterocycles. The minimum Gasteiger partial charge on any atom is -0.545 e. The molecule has 1 aromatic rings. The predicted octanol–water partition coefficient (Wildman–Crippen LogP) is 6.47. The third-order valence-electron chi connectivity index (χ3n) is 5.60. The fraction of sp³-hybridized carbons (Fsp3) is 0.692. The van der Waals surface area contributed by atoms with E-state index < -0.39 is 11.9 Å². The second-order valence-corrected chi connectivity index (χ2v) is 8.27. The Bertz CT molecular complexity index is 582. The highest BCUT2D eigenvalue weighted by Crippen LogP contribution is 2.14. The summed E-state index contributed by atoms with van der Waals surface area (Å²) in [6.45, 7) is 2.60. The lowest BCUT2D eigenvalue weighted by molar-refractivity contribution is -0.255. The largest absolute Gasteiger partial charge is 0.545 e. The van der Waals surface area contributed by atoms with Crippen molar-refractivity contribution in [1.29, 1.82) is 0 Å². The molecule has 1 rings (SSSR count). The van der Waals surface area contributed by atoms with Gasteiger partial charge in [0.25, 0.3) is 0 Å². The molecular formula is C26H41O4-.